The fourth-order valence-electron chi connectivity index (χ4n) is 1.42. The molecule has 1 aromatic heterocycles. The molecule has 0 spiro atoms. The highest BCUT2D eigenvalue weighted by atomic mass is 32.1. The fourth-order valence-corrected chi connectivity index (χ4v) is 2.13. The van der Waals surface area contributed by atoms with E-state index in [1.807, 2.05) is 0 Å². The van der Waals surface area contributed by atoms with Gasteiger partial charge in [0.15, 0.2) is 5.13 Å². The van der Waals surface area contributed by atoms with Gasteiger partial charge < -0.3 is 15.7 Å². The van der Waals surface area contributed by atoms with Crippen molar-refractivity contribution in [2.24, 2.45) is 5.41 Å². The minimum Gasteiger partial charge on any atom is -0.481 e. The maximum Gasteiger partial charge on any atom is 0.303 e. The van der Waals surface area contributed by atoms with Crippen molar-refractivity contribution in [2.75, 3.05) is 11.9 Å². The largest absolute Gasteiger partial charge is 0.481 e. The molecule has 0 saturated carbocycles. The number of thiazole rings is 1. The zero-order valence-corrected chi connectivity index (χ0v) is 13.7. The molecule has 3 N–H and O–H groups in total. The molecule has 0 atom stereocenters. The van der Waals surface area contributed by atoms with Crippen LogP contribution in [0, 0.1) is 5.41 Å². The summed E-state index contributed by atoms with van der Waals surface area (Å²) in [7, 11) is 0. The van der Waals surface area contributed by atoms with Crippen LogP contribution in [0.2, 0.25) is 0 Å². The number of nitrogens with one attached hydrogen (secondary N) is 2. The highest BCUT2D eigenvalue weighted by Gasteiger charge is 2.22. The summed E-state index contributed by atoms with van der Waals surface area (Å²) in [6, 6.07) is 0. The summed E-state index contributed by atoms with van der Waals surface area (Å²) < 4.78 is 0. The molecule has 8 heteroatoms. The average Bonchev–Trinajstić information content (AvgIpc) is 2.80. The Bertz CT molecular complexity index is 549. The third kappa shape index (κ3) is 6.66. The van der Waals surface area contributed by atoms with E-state index in [1.165, 1.54) is 11.3 Å². The Morgan fingerprint density at radius 3 is 2.59 bits per heavy atom. The molecule has 0 aromatic carbocycles. The molecule has 22 heavy (non-hydrogen) atoms. The van der Waals surface area contributed by atoms with Crippen molar-refractivity contribution in [3.8, 4) is 0 Å². The first kappa shape index (κ1) is 18.1. The van der Waals surface area contributed by atoms with E-state index in [0.717, 1.165) is 0 Å². The molecular weight excluding hydrogens is 306 g/mol. The molecule has 0 aliphatic heterocycles. The van der Waals surface area contributed by atoms with Crippen LogP contribution in [0.15, 0.2) is 5.38 Å². The standard InChI is InChI=1S/C14H21N3O4S/c1-14(2,3)12(21)17-13-16-9(8-22-13)7-10(18)15-6-4-5-11(19)20/h8H,4-7H2,1-3H3,(H,15,18)(H,19,20)(H,16,17,21). The predicted molar refractivity (Wildman–Crippen MR) is 83.8 cm³/mol. The summed E-state index contributed by atoms with van der Waals surface area (Å²) in [5.74, 6) is -1.23. The Balaban J connectivity index is 2.40. The number of anilines is 1. The van der Waals surface area contributed by atoms with Crippen molar-refractivity contribution >= 4 is 34.3 Å². The summed E-state index contributed by atoms with van der Waals surface area (Å²) >= 11 is 1.27. The lowest BCUT2D eigenvalue weighted by Gasteiger charge is -2.15. The van der Waals surface area contributed by atoms with Crippen molar-refractivity contribution in [3.63, 3.8) is 0 Å². The number of aliphatic carboxylic acids is 1. The zero-order chi connectivity index (χ0) is 16.8. The number of carboxylic acids is 1. The van der Waals surface area contributed by atoms with Gasteiger partial charge in [0.25, 0.3) is 0 Å². The molecule has 0 bridgehead atoms. The second-order valence-corrected chi connectivity index (χ2v) is 6.73. The van der Waals surface area contributed by atoms with Crippen LogP contribution in [-0.2, 0) is 20.8 Å². The lowest BCUT2D eigenvalue weighted by molar-refractivity contribution is -0.137. The van der Waals surface area contributed by atoms with E-state index in [9.17, 15) is 14.4 Å². The van der Waals surface area contributed by atoms with Crippen LogP contribution in [0.4, 0.5) is 5.13 Å². The van der Waals surface area contributed by atoms with Crippen molar-refractivity contribution in [1.82, 2.24) is 10.3 Å². The molecule has 1 heterocycles. The average molecular weight is 327 g/mol. The number of carboxylic acid groups (broad SMARTS) is 1. The third-order valence-electron chi connectivity index (χ3n) is 2.68. The van der Waals surface area contributed by atoms with E-state index in [2.05, 4.69) is 15.6 Å². The minimum atomic E-state index is -0.881. The smallest absolute Gasteiger partial charge is 0.303 e. The molecule has 0 aliphatic carbocycles. The van der Waals surface area contributed by atoms with Crippen LogP contribution < -0.4 is 10.6 Å². The number of nitrogens with zero attached hydrogens (tertiary/aromatic N) is 1. The number of carbonyl (C=O) groups excluding carboxylic acids is 2. The molecular formula is C14H21N3O4S. The van der Waals surface area contributed by atoms with Gasteiger partial charge in [-0.15, -0.1) is 11.3 Å². The number of rotatable bonds is 7. The van der Waals surface area contributed by atoms with Gasteiger partial charge in [-0.3, -0.25) is 14.4 Å². The molecule has 0 fully saturated rings. The number of carbonyl (C=O) groups is 3. The number of amides is 2. The van der Waals surface area contributed by atoms with Crippen LogP contribution in [0.5, 0.6) is 0 Å². The number of aromatic nitrogens is 1. The molecule has 122 valence electrons. The van der Waals surface area contributed by atoms with Gasteiger partial charge in [-0.25, -0.2) is 4.98 Å². The first-order valence-corrected chi connectivity index (χ1v) is 7.81. The van der Waals surface area contributed by atoms with Crippen molar-refractivity contribution in [2.45, 2.75) is 40.0 Å². The molecule has 0 radical (unpaired) electrons. The fraction of sp³-hybridized carbons (Fsp3) is 0.571. The molecule has 0 saturated heterocycles. The maximum atomic E-state index is 11.8. The summed E-state index contributed by atoms with van der Waals surface area (Å²) in [5.41, 5.74) is 0.0674. The van der Waals surface area contributed by atoms with Crippen LogP contribution in [0.1, 0.15) is 39.3 Å². The highest BCUT2D eigenvalue weighted by molar-refractivity contribution is 7.13. The lowest BCUT2D eigenvalue weighted by Crippen LogP contribution is -2.28. The van der Waals surface area contributed by atoms with E-state index in [-0.39, 0.29) is 24.7 Å². The SMILES string of the molecule is CC(C)(C)C(=O)Nc1nc(CC(=O)NCCCC(=O)O)cs1. The summed E-state index contributed by atoms with van der Waals surface area (Å²) in [6.45, 7) is 5.74. The second-order valence-electron chi connectivity index (χ2n) is 5.87. The van der Waals surface area contributed by atoms with Crippen molar-refractivity contribution in [3.05, 3.63) is 11.1 Å². The van der Waals surface area contributed by atoms with Gasteiger partial charge in [0, 0.05) is 23.8 Å². The third-order valence-corrected chi connectivity index (χ3v) is 3.49. The molecule has 2 amide bonds. The molecule has 0 unspecified atom stereocenters. The second kappa shape index (κ2) is 7.88. The van der Waals surface area contributed by atoms with Gasteiger partial charge in [0.05, 0.1) is 12.1 Å². The van der Waals surface area contributed by atoms with Gasteiger partial charge in [-0.2, -0.15) is 0 Å². The summed E-state index contributed by atoms with van der Waals surface area (Å²) in [4.78, 5) is 38.0. The number of hydrogen-bond acceptors (Lipinski definition) is 5. The van der Waals surface area contributed by atoms with E-state index in [0.29, 0.717) is 23.8 Å². The Kier molecular flexibility index (Phi) is 6.48. The quantitative estimate of drug-likeness (QED) is 0.660. The van der Waals surface area contributed by atoms with Crippen molar-refractivity contribution in [1.29, 1.82) is 0 Å². The van der Waals surface area contributed by atoms with Crippen LogP contribution in [0.25, 0.3) is 0 Å². The van der Waals surface area contributed by atoms with Crippen LogP contribution >= 0.6 is 11.3 Å². The lowest BCUT2D eigenvalue weighted by atomic mass is 9.96. The predicted octanol–water partition coefficient (Wildman–Crippen LogP) is 1.65. The Morgan fingerprint density at radius 1 is 1.32 bits per heavy atom. The normalized spacial score (nSPS) is 11.0. The van der Waals surface area contributed by atoms with Gasteiger partial charge in [0.2, 0.25) is 11.8 Å². The minimum absolute atomic E-state index is 0.0277. The highest BCUT2D eigenvalue weighted by Crippen LogP contribution is 2.20. The van der Waals surface area contributed by atoms with Crippen LogP contribution in [0.3, 0.4) is 0 Å². The first-order chi connectivity index (χ1) is 10.2. The Morgan fingerprint density at radius 2 is 2.00 bits per heavy atom. The van der Waals surface area contributed by atoms with Gasteiger partial charge in [-0.05, 0) is 6.42 Å². The molecule has 7 nitrogen and oxygen atoms in total. The molecule has 1 rings (SSSR count). The Hall–Kier alpha value is -1.96. The Labute approximate surface area is 133 Å². The summed E-state index contributed by atoms with van der Waals surface area (Å²) in [6.07, 6.45) is 0.528. The van der Waals surface area contributed by atoms with Gasteiger partial charge in [-0.1, -0.05) is 20.8 Å². The topological polar surface area (TPSA) is 108 Å². The number of hydrogen-bond donors (Lipinski definition) is 3. The van der Waals surface area contributed by atoms with Crippen LogP contribution in [-0.4, -0.2) is 34.4 Å². The van der Waals surface area contributed by atoms with Gasteiger partial charge in [0.1, 0.15) is 0 Å². The zero-order valence-electron chi connectivity index (χ0n) is 12.9. The van der Waals surface area contributed by atoms with E-state index >= 15 is 0 Å². The maximum absolute atomic E-state index is 11.8. The van der Waals surface area contributed by atoms with E-state index in [1.54, 1.807) is 26.2 Å². The van der Waals surface area contributed by atoms with E-state index in [4.69, 9.17) is 5.11 Å². The summed E-state index contributed by atoms with van der Waals surface area (Å²) in [5, 5.41) is 16.0. The molecule has 0 aliphatic rings. The van der Waals surface area contributed by atoms with Gasteiger partial charge >= 0.3 is 5.97 Å². The van der Waals surface area contributed by atoms with Crippen molar-refractivity contribution < 1.29 is 19.5 Å². The molecule has 1 aromatic rings. The first-order valence-electron chi connectivity index (χ1n) is 6.93. The monoisotopic (exact) mass is 327 g/mol. The van der Waals surface area contributed by atoms with E-state index < -0.39 is 11.4 Å².